The van der Waals surface area contributed by atoms with Gasteiger partial charge in [-0.05, 0) is 34.0 Å². The zero-order valence-electron chi connectivity index (χ0n) is 21.8. The third-order valence-electron chi connectivity index (χ3n) is 7.68. The third-order valence-corrected chi connectivity index (χ3v) is 13.3. The molecule has 188 valence electrons. The quantitative estimate of drug-likeness (QED) is 0.161. The van der Waals surface area contributed by atoms with Gasteiger partial charge in [-0.2, -0.15) is 11.1 Å². The van der Waals surface area contributed by atoms with Gasteiger partial charge in [0.25, 0.3) is 0 Å². The van der Waals surface area contributed by atoms with E-state index in [-0.39, 0.29) is 64.0 Å². The summed E-state index contributed by atoms with van der Waals surface area (Å²) in [6.07, 6.45) is 7.65. The molecule has 0 N–H and O–H groups in total. The van der Waals surface area contributed by atoms with E-state index >= 15 is 0 Å². The first-order valence-corrected chi connectivity index (χ1v) is 14.0. The van der Waals surface area contributed by atoms with E-state index in [4.69, 9.17) is 0 Å². The zero-order chi connectivity index (χ0) is 22.8. The number of unbranched alkanes of at least 4 members (excludes halogenated alkanes) is 1. The van der Waals surface area contributed by atoms with Crippen molar-refractivity contribution in [2.24, 2.45) is 0 Å². The van der Waals surface area contributed by atoms with Crippen molar-refractivity contribution in [1.29, 1.82) is 0 Å². The Balaban J connectivity index is 0.00000306. The van der Waals surface area contributed by atoms with Crippen LogP contribution >= 0.6 is 0 Å². The van der Waals surface area contributed by atoms with Crippen LogP contribution in [0.3, 0.4) is 0 Å². The number of benzene rings is 3. The molecule has 1 atom stereocenters. The van der Waals surface area contributed by atoms with Gasteiger partial charge >= 0.3 is 21.7 Å². The van der Waals surface area contributed by atoms with Crippen LogP contribution in [0.25, 0.3) is 0 Å². The number of allylic oxidation sites excluding steroid dienone is 4. The van der Waals surface area contributed by atoms with Crippen molar-refractivity contribution in [1.82, 2.24) is 0 Å². The van der Waals surface area contributed by atoms with Gasteiger partial charge in [-0.3, -0.25) is 6.08 Å². The van der Waals surface area contributed by atoms with Gasteiger partial charge in [-0.1, -0.05) is 124 Å². The van der Waals surface area contributed by atoms with Crippen molar-refractivity contribution >= 4 is 23.6 Å². The van der Waals surface area contributed by atoms with Gasteiger partial charge in [-0.15, -0.1) is 6.92 Å². The molecule has 0 nitrogen and oxygen atoms in total. The second-order valence-electron chi connectivity index (χ2n) is 9.41. The minimum Gasteiger partial charge on any atom is -1.00 e. The summed E-state index contributed by atoms with van der Waals surface area (Å²) in [7, 11) is -2.51. The maximum atomic E-state index is 4.02. The van der Waals surface area contributed by atoms with E-state index in [0.717, 1.165) is 6.42 Å². The zero-order valence-corrected chi connectivity index (χ0v) is 26.7. The second-order valence-corrected chi connectivity index (χ2v) is 13.6. The first kappa shape index (κ1) is 34.9. The van der Waals surface area contributed by atoms with Gasteiger partial charge in [0.1, 0.15) is 8.07 Å². The average Bonchev–Trinajstić information content (AvgIpc) is 3.03. The molecule has 0 fully saturated rings. The van der Waals surface area contributed by atoms with Crippen molar-refractivity contribution in [2.75, 3.05) is 0 Å². The summed E-state index contributed by atoms with van der Waals surface area (Å²) in [5, 5.41) is 4.20. The van der Waals surface area contributed by atoms with E-state index in [1.165, 1.54) is 50.7 Å². The summed E-state index contributed by atoms with van der Waals surface area (Å²) in [5.41, 5.74) is 5.60. The van der Waals surface area contributed by atoms with Crippen LogP contribution in [-0.4, -0.2) is 8.07 Å². The summed E-state index contributed by atoms with van der Waals surface area (Å²) in [5.74, 6) is 0. The molecule has 0 aliphatic heterocycles. The third kappa shape index (κ3) is 5.98. The molecule has 0 aromatic heterocycles. The molecule has 3 aromatic rings. The van der Waals surface area contributed by atoms with Gasteiger partial charge in [0.2, 0.25) is 0 Å². The van der Waals surface area contributed by atoms with Crippen LogP contribution < -0.4 is 52.8 Å². The fourth-order valence-corrected chi connectivity index (χ4v) is 11.5. The van der Waals surface area contributed by atoms with E-state index in [9.17, 15) is 0 Å². The van der Waals surface area contributed by atoms with Gasteiger partial charge in [-0.25, -0.2) is 5.57 Å². The predicted octanol–water partition coefficient (Wildman–Crippen LogP) is -2.63. The van der Waals surface area contributed by atoms with Crippen molar-refractivity contribution in [3.63, 3.8) is 0 Å². The standard InChI is InChI=1S/C31H35Si.3ClH.Ti/c1-6-7-14-27-19-21-30(22-20-27)32(28-15-10-8-11-16-28,29-17-12-9-13-18-29)31(5)23-24(2)25(3)26(31)4;;;;/h8-13,15-22H,6-7,14H2,1-5H3;3*1H;/q-1;;;;+4/p-3. The topological polar surface area (TPSA) is 0 Å². The van der Waals surface area contributed by atoms with Gasteiger partial charge in [0.15, 0.2) is 0 Å². The number of hydrogen-bond acceptors (Lipinski definition) is 0. The maximum absolute atomic E-state index is 4.02. The number of halogens is 3. The van der Waals surface area contributed by atoms with Crippen LogP contribution in [0.15, 0.2) is 102 Å². The molecule has 0 saturated carbocycles. The minimum absolute atomic E-state index is 0. The number of hydrogen-bond donors (Lipinski definition) is 0. The Hall–Kier alpha value is -1.06. The SMILES string of the molecule is CCCCc1ccc([Si](c2ccccc2)(c2ccccc2)C2(C)[C-]=C(C)C(C)=C2C)cc1.[Cl-].[Cl-].[Cl-].[Ti+4]. The van der Waals surface area contributed by atoms with Crippen LogP contribution in [-0.2, 0) is 28.1 Å². The minimum atomic E-state index is -2.51. The smallest absolute Gasteiger partial charge is 1.00 e. The Bertz CT molecular complexity index is 1100. The molecular formula is C31H35Cl3SiTi. The van der Waals surface area contributed by atoms with Crippen LogP contribution in [0.4, 0.5) is 0 Å². The maximum Gasteiger partial charge on any atom is 4.00 e. The molecule has 0 amide bonds. The summed E-state index contributed by atoms with van der Waals surface area (Å²) in [6.45, 7) is 11.5. The Morgan fingerprint density at radius 2 is 1.14 bits per heavy atom. The molecule has 0 radical (unpaired) electrons. The molecule has 5 heteroatoms. The molecule has 3 aromatic carbocycles. The Kier molecular flexibility index (Phi) is 14.3. The van der Waals surface area contributed by atoms with Crippen LogP contribution in [0.1, 0.15) is 53.0 Å². The van der Waals surface area contributed by atoms with Crippen LogP contribution in [0, 0.1) is 6.08 Å². The van der Waals surface area contributed by atoms with Gasteiger partial charge in [0.05, 0.1) is 0 Å². The number of rotatable bonds is 7. The molecule has 1 unspecified atom stereocenters. The molecule has 1 aliphatic rings. The predicted molar refractivity (Wildman–Crippen MR) is 142 cm³/mol. The summed E-state index contributed by atoms with van der Waals surface area (Å²) < 4.78 is 0. The van der Waals surface area contributed by atoms with Crippen LogP contribution in [0.2, 0.25) is 5.04 Å². The molecular weight excluding hydrogens is 555 g/mol. The molecule has 1 aliphatic carbocycles. The van der Waals surface area contributed by atoms with Gasteiger partial charge < -0.3 is 37.2 Å². The first-order valence-electron chi connectivity index (χ1n) is 12.0. The van der Waals surface area contributed by atoms with Crippen molar-refractivity contribution < 1.29 is 58.9 Å². The molecule has 4 rings (SSSR count). The van der Waals surface area contributed by atoms with Crippen LogP contribution in [0.5, 0.6) is 0 Å². The molecule has 0 spiro atoms. The van der Waals surface area contributed by atoms with Gasteiger partial charge in [0, 0.05) is 0 Å². The summed E-state index contributed by atoms with van der Waals surface area (Å²) >= 11 is 0. The summed E-state index contributed by atoms with van der Waals surface area (Å²) in [4.78, 5) is 0. The Morgan fingerprint density at radius 1 is 0.694 bits per heavy atom. The van der Waals surface area contributed by atoms with E-state index in [2.05, 4.69) is 126 Å². The molecule has 36 heavy (non-hydrogen) atoms. The van der Waals surface area contributed by atoms with E-state index < -0.39 is 8.07 Å². The fourth-order valence-electron chi connectivity index (χ4n) is 5.64. The van der Waals surface area contributed by atoms with Crippen molar-refractivity contribution in [3.8, 4) is 0 Å². The Morgan fingerprint density at radius 3 is 1.53 bits per heavy atom. The average molecular weight is 590 g/mol. The largest absolute Gasteiger partial charge is 4.00 e. The van der Waals surface area contributed by atoms with Crippen molar-refractivity contribution in [3.05, 3.63) is 113 Å². The second kappa shape index (κ2) is 14.8. The monoisotopic (exact) mass is 588 g/mol. The van der Waals surface area contributed by atoms with Crippen molar-refractivity contribution in [2.45, 2.75) is 58.9 Å². The van der Waals surface area contributed by atoms with E-state index in [1.807, 2.05) is 0 Å². The Labute approximate surface area is 253 Å². The summed E-state index contributed by atoms with van der Waals surface area (Å²) in [6, 6.07) is 32.1. The molecule has 0 bridgehead atoms. The normalized spacial score (nSPS) is 16.6. The molecule has 0 heterocycles. The first-order chi connectivity index (χ1) is 15.4. The van der Waals surface area contributed by atoms with E-state index in [1.54, 1.807) is 0 Å². The fraction of sp³-hybridized carbons (Fsp3) is 0.290. The number of aryl methyl sites for hydroxylation is 1. The van der Waals surface area contributed by atoms with E-state index in [0.29, 0.717) is 0 Å². The molecule has 0 saturated heterocycles.